The van der Waals surface area contributed by atoms with Gasteiger partial charge in [-0.1, -0.05) is 6.07 Å². The Morgan fingerprint density at radius 2 is 1.74 bits per heavy atom. The number of amides is 3. The highest BCUT2D eigenvalue weighted by molar-refractivity contribution is 6.05. The molecule has 0 unspecified atom stereocenters. The fourth-order valence-electron chi connectivity index (χ4n) is 3.56. The first-order chi connectivity index (χ1) is 16.6. The molecule has 0 spiro atoms. The van der Waals surface area contributed by atoms with Crippen LogP contribution in [0.4, 0.5) is 39.5 Å². The van der Waals surface area contributed by atoms with Gasteiger partial charge < -0.3 is 20.5 Å². The number of nitrogens with one attached hydrogen (secondary N) is 3. The van der Waals surface area contributed by atoms with Crippen molar-refractivity contribution in [3.8, 4) is 0 Å². The van der Waals surface area contributed by atoms with Crippen molar-refractivity contribution >= 4 is 40.0 Å². The van der Waals surface area contributed by atoms with Gasteiger partial charge in [-0.2, -0.15) is 13.2 Å². The van der Waals surface area contributed by atoms with E-state index < -0.39 is 29.3 Å². The maximum absolute atomic E-state index is 14.0. The van der Waals surface area contributed by atoms with Crippen molar-refractivity contribution in [3.63, 3.8) is 0 Å². The molecule has 0 aliphatic rings. The van der Waals surface area contributed by atoms with Crippen LogP contribution in [0.5, 0.6) is 0 Å². The monoisotopic (exact) mass is 485 g/mol. The number of nitrogens with zero attached hydrogens (tertiary/aromatic N) is 2. The minimum atomic E-state index is -4.67. The molecule has 4 rings (SSSR count). The normalized spacial score (nSPS) is 11.3. The summed E-state index contributed by atoms with van der Waals surface area (Å²) in [6.07, 6.45) is -1.29. The molecule has 0 radical (unpaired) electrons. The molecule has 35 heavy (non-hydrogen) atoms. The summed E-state index contributed by atoms with van der Waals surface area (Å²) in [4.78, 5) is 27.8. The minimum absolute atomic E-state index is 0.236. The Kier molecular flexibility index (Phi) is 6.41. The summed E-state index contributed by atoms with van der Waals surface area (Å²) in [6, 6.07) is 11.4. The Morgan fingerprint density at radius 3 is 2.49 bits per heavy atom. The van der Waals surface area contributed by atoms with Crippen molar-refractivity contribution in [2.45, 2.75) is 19.6 Å². The van der Waals surface area contributed by atoms with Gasteiger partial charge in [0, 0.05) is 31.2 Å². The van der Waals surface area contributed by atoms with Crippen molar-refractivity contribution in [1.29, 1.82) is 0 Å². The van der Waals surface area contributed by atoms with Crippen LogP contribution in [-0.4, -0.2) is 21.5 Å². The molecule has 2 aromatic heterocycles. The second-order valence-corrected chi connectivity index (χ2v) is 7.68. The van der Waals surface area contributed by atoms with E-state index in [1.54, 1.807) is 42.7 Å². The third-order valence-corrected chi connectivity index (χ3v) is 5.09. The molecule has 0 saturated heterocycles. The molecule has 11 heteroatoms. The first-order valence-electron chi connectivity index (χ1n) is 10.4. The predicted molar refractivity (Wildman–Crippen MR) is 124 cm³/mol. The Balaban J connectivity index is 1.53. The first-order valence-corrected chi connectivity index (χ1v) is 10.4. The molecule has 3 amide bonds. The Hall–Kier alpha value is -4.41. The number of alkyl halides is 3. The molecule has 4 aromatic rings. The van der Waals surface area contributed by atoms with E-state index in [9.17, 15) is 27.2 Å². The van der Waals surface area contributed by atoms with Crippen LogP contribution in [0.15, 0.2) is 67.0 Å². The summed E-state index contributed by atoms with van der Waals surface area (Å²) < 4.78 is 54.7. The van der Waals surface area contributed by atoms with Gasteiger partial charge in [0.05, 0.1) is 22.5 Å². The second-order valence-electron chi connectivity index (χ2n) is 7.68. The number of halogens is 4. The molecule has 0 aliphatic carbocycles. The largest absolute Gasteiger partial charge is 0.416 e. The lowest BCUT2D eigenvalue weighted by Crippen LogP contribution is -2.20. The number of rotatable bonds is 5. The number of hydrogen-bond donors (Lipinski definition) is 3. The zero-order chi connectivity index (χ0) is 25.2. The molecule has 0 atom stereocenters. The van der Waals surface area contributed by atoms with E-state index >= 15 is 0 Å². The Bertz CT molecular complexity index is 1410. The molecule has 7 nitrogen and oxygen atoms in total. The number of anilines is 3. The quantitative estimate of drug-likeness (QED) is 0.310. The summed E-state index contributed by atoms with van der Waals surface area (Å²) in [5.74, 6) is -0.805. The minimum Gasteiger partial charge on any atom is -0.343 e. The lowest BCUT2D eigenvalue weighted by molar-refractivity contribution is -0.137. The highest BCUT2D eigenvalue weighted by Gasteiger charge is 2.31. The summed E-state index contributed by atoms with van der Waals surface area (Å²) in [5.41, 5.74) is 0.365. The van der Waals surface area contributed by atoms with E-state index in [4.69, 9.17) is 0 Å². The van der Waals surface area contributed by atoms with Crippen molar-refractivity contribution in [1.82, 2.24) is 9.55 Å². The topological polar surface area (TPSA) is 88.0 Å². The summed E-state index contributed by atoms with van der Waals surface area (Å²) in [7, 11) is 0. The van der Waals surface area contributed by atoms with E-state index in [2.05, 4.69) is 20.9 Å². The number of aromatic nitrogens is 2. The van der Waals surface area contributed by atoms with Gasteiger partial charge in [-0.15, -0.1) is 0 Å². The van der Waals surface area contributed by atoms with Crippen LogP contribution in [0.2, 0.25) is 0 Å². The van der Waals surface area contributed by atoms with Gasteiger partial charge in [-0.05, 0) is 54.1 Å². The second kappa shape index (κ2) is 9.45. The van der Waals surface area contributed by atoms with E-state index in [1.165, 1.54) is 6.92 Å². The summed E-state index contributed by atoms with van der Waals surface area (Å²) >= 11 is 0. The maximum Gasteiger partial charge on any atom is 0.416 e. The number of carbonyl (C=O) groups is 2. The van der Waals surface area contributed by atoms with Gasteiger partial charge >= 0.3 is 12.2 Å². The molecule has 0 bridgehead atoms. The molecular formula is C24H19F4N5O2. The van der Waals surface area contributed by atoms with Gasteiger partial charge in [0.25, 0.3) is 0 Å². The highest BCUT2D eigenvalue weighted by atomic mass is 19.4. The first kappa shape index (κ1) is 23.7. The summed E-state index contributed by atoms with van der Waals surface area (Å²) in [5, 5.41) is 7.98. The highest BCUT2D eigenvalue weighted by Crippen LogP contribution is 2.32. The predicted octanol–water partition coefficient (Wildman–Crippen LogP) is 5.84. The van der Waals surface area contributed by atoms with Crippen LogP contribution in [0.1, 0.15) is 18.1 Å². The van der Waals surface area contributed by atoms with Crippen molar-refractivity contribution in [2.24, 2.45) is 0 Å². The molecule has 2 heterocycles. The third kappa shape index (κ3) is 5.57. The number of urea groups is 1. The van der Waals surface area contributed by atoms with Gasteiger partial charge in [0.1, 0.15) is 11.6 Å². The van der Waals surface area contributed by atoms with Gasteiger partial charge in [0.2, 0.25) is 5.91 Å². The molecule has 0 aliphatic heterocycles. The fourth-order valence-corrected chi connectivity index (χ4v) is 3.56. The zero-order valence-electron chi connectivity index (χ0n) is 18.3. The molecule has 0 saturated carbocycles. The van der Waals surface area contributed by atoms with E-state index in [1.807, 2.05) is 10.6 Å². The number of fused-ring (bicyclic) bond motifs is 1. The van der Waals surface area contributed by atoms with E-state index in [0.29, 0.717) is 41.6 Å². The number of pyridine rings is 1. The maximum atomic E-state index is 14.0. The van der Waals surface area contributed by atoms with Crippen LogP contribution in [0, 0.1) is 5.82 Å². The number of hydrogen-bond acceptors (Lipinski definition) is 3. The Labute approximate surface area is 196 Å². The van der Waals surface area contributed by atoms with E-state index in [-0.39, 0.29) is 5.91 Å². The van der Waals surface area contributed by atoms with Crippen molar-refractivity contribution < 1.29 is 27.2 Å². The standard InChI is InChI=1S/C24H19F4N5O2/c1-14(34)30-22-11-15(7-9-29-22)13-33-10-8-17-19(3-2-4-21(17)33)31-23(35)32-20-12-16(24(26,27)28)5-6-18(20)25/h2-12H,13H2,1H3,(H,29,30,34)(H2,31,32,35). The smallest absolute Gasteiger partial charge is 0.343 e. The number of benzene rings is 2. The SMILES string of the molecule is CC(=O)Nc1cc(Cn2ccc3c(NC(=O)Nc4cc(C(F)(F)F)ccc4F)cccc32)ccn1. The fraction of sp³-hybridized carbons (Fsp3) is 0.125. The Morgan fingerprint density at radius 1 is 0.971 bits per heavy atom. The van der Waals surface area contributed by atoms with Gasteiger partial charge in [0.15, 0.2) is 0 Å². The molecule has 2 aromatic carbocycles. The van der Waals surface area contributed by atoms with Crippen molar-refractivity contribution in [2.75, 3.05) is 16.0 Å². The van der Waals surface area contributed by atoms with Crippen LogP contribution in [0.3, 0.4) is 0 Å². The lowest BCUT2D eigenvalue weighted by Gasteiger charge is -2.12. The van der Waals surface area contributed by atoms with Crippen LogP contribution in [-0.2, 0) is 17.5 Å². The molecule has 180 valence electrons. The molecule has 3 N–H and O–H groups in total. The zero-order valence-corrected chi connectivity index (χ0v) is 18.3. The average Bonchev–Trinajstić information content (AvgIpc) is 3.18. The summed E-state index contributed by atoms with van der Waals surface area (Å²) in [6.45, 7) is 1.84. The number of carbonyl (C=O) groups excluding carboxylic acids is 2. The van der Waals surface area contributed by atoms with E-state index in [0.717, 1.165) is 11.1 Å². The van der Waals surface area contributed by atoms with Gasteiger partial charge in [-0.25, -0.2) is 14.2 Å². The van der Waals surface area contributed by atoms with Crippen LogP contribution >= 0.6 is 0 Å². The van der Waals surface area contributed by atoms with Crippen LogP contribution < -0.4 is 16.0 Å². The third-order valence-electron chi connectivity index (χ3n) is 5.09. The molecule has 0 fully saturated rings. The van der Waals surface area contributed by atoms with Gasteiger partial charge in [-0.3, -0.25) is 4.79 Å². The molecular weight excluding hydrogens is 466 g/mol. The van der Waals surface area contributed by atoms with Crippen LogP contribution in [0.25, 0.3) is 10.9 Å². The lowest BCUT2D eigenvalue weighted by atomic mass is 10.2. The van der Waals surface area contributed by atoms with Crippen molar-refractivity contribution in [3.05, 3.63) is 83.9 Å². The average molecular weight is 485 g/mol.